The average molecular weight is 232 g/mol. The number of hydrogen-bond acceptors (Lipinski definition) is 2. The van der Waals surface area contributed by atoms with Gasteiger partial charge in [0.2, 0.25) is 0 Å². The molecule has 15 heavy (non-hydrogen) atoms. The maximum Gasteiger partial charge on any atom is 0.165 e. The highest BCUT2D eigenvalue weighted by Crippen LogP contribution is 2.22. The molecule has 0 aliphatic heterocycles. The third kappa shape index (κ3) is 3.53. The quantitative estimate of drug-likeness (QED) is 0.809. The maximum atomic E-state index is 13.0. The molecule has 4 heteroatoms. The molecule has 0 amide bonds. The van der Waals surface area contributed by atoms with Gasteiger partial charge < -0.3 is 10.5 Å². The van der Waals surface area contributed by atoms with Gasteiger partial charge in [-0.3, -0.25) is 0 Å². The topological polar surface area (TPSA) is 35.2 Å². The monoisotopic (exact) mass is 231 g/mol. The van der Waals surface area contributed by atoms with Gasteiger partial charge in [0.15, 0.2) is 11.6 Å². The van der Waals surface area contributed by atoms with E-state index in [1.54, 1.807) is 18.2 Å². The summed E-state index contributed by atoms with van der Waals surface area (Å²) in [6, 6.07) is 4.48. The Morgan fingerprint density at radius 2 is 2.27 bits per heavy atom. The van der Waals surface area contributed by atoms with Crippen molar-refractivity contribution in [3.8, 4) is 5.75 Å². The Kier molecular flexibility index (Phi) is 5.97. The molecule has 0 saturated carbocycles. The maximum absolute atomic E-state index is 13.0. The first-order valence-corrected chi connectivity index (χ1v) is 4.39. The van der Waals surface area contributed by atoms with Crippen LogP contribution < -0.4 is 10.5 Å². The second-order valence-corrected chi connectivity index (χ2v) is 3.02. The number of methoxy groups -OCH3 is 1. The van der Waals surface area contributed by atoms with Crippen molar-refractivity contribution in [2.24, 2.45) is 5.73 Å². The highest BCUT2D eigenvalue weighted by atomic mass is 35.5. The molecule has 0 aliphatic carbocycles. The van der Waals surface area contributed by atoms with Crippen molar-refractivity contribution in [2.75, 3.05) is 7.11 Å². The molecule has 1 aromatic rings. The molecule has 84 valence electrons. The molecule has 0 unspecified atom stereocenters. The number of rotatable bonds is 4. The highest BCUT2D eigenvalue weighted by molar-refractivity contribution is 5.85. The molecule has 1 aromatic carbocycles. The van der Waals surface area contributed by atoms with Crippen LogP contribution in [0.1, 0.15) is 18.0 Å². The smallest absolute Gasteiger partial charge is 0.165 e. The molecular weight excluding hydrogens is 217 g/mol. The van der Waals surface area contributed by atoms with E-state index in [0.29, 0.717) is 6.42 Å². The van der Waals surface area contributed by atoms with Crippen molar-refractivity contribution in [2.45, 2.75) is 12.5 Å². The van der Waals surface area contributed by atoms with Gasteiger partial charge in [0.1, 0.15) is 0 Å². The Balaban J connectivity index is 0.00000196. The largest absolute Gasteiger partial charge is 0.494 e. The van der Waals surface area contributed by atoms with Crippen molar-refractivity contribution in [3.63, 3.8) is 0 Å². The van der Waals surface area contributed by atoms with E-state index in [9.17, 15) is 4.39 Å². The number of ether oxygens (including phenoxy) is 1. The number of benzene rings is 1. The van der Waals surface area contributed by atoms with E-state index in [2.05, 4.69) is 6.58 Å². The van der Waals surface area contributed by atoms with Crippen molar-refractivity contribution in [1.82, 2.24) is 0 Å². The Morgan fingerprint density at radius 3 is 2.80 bits per heavy atom. The third-order valence-corrected chi connectivity index (χ3v) is 2.02. The molecule has 0 bridgehead atoms. The fraction of sp³-hybridized carbons (Fsp3) is 0.273. The second-order valence-electron chi connectivity index (χ2n) is 3.02. The van der Waals surface area contributed by atoms with Gasteiger partial charge in [-0.1, -0.05) is 12.1 Å². The normalized spacial score (nSPS) is 11.4. The molecule has 0 heterocycles. The van der Waals surface area contributed by atoms with Crippen LogP contribution in [-0.4, -0.2) is 7.11 Å². The van der Waals surface area contributed by atoms with E-state index in [-0.39, 0.29) is 30.0 Å². The van der Waals surface area contributed by atoms with Crippen LogP contribution in [0.4, 0.5) is 4.39 Å². The number of nitrogens with two attached hydrogens (primary N) is 1. The van der Waals surface area contributed by atoms with Crippen LogP contribution in [0.5, 0.6) is 5.75 Å². The summed E-state index contributed by atoms with van der Waals surface area (Å²) in [5, 5.41) is 0. The third-order valence-electron chi connectivity index (χ3n) is 2.02. The standard InChI is InChI=1S/C11H14FNO.ClH/c1-3-4-10(13)8-5-6-9(12)11(7-8)14-2;/h3,5-7,10H,1,4,13H2,2H3;1H/t10-;/m0./s1. The molecule has 1 rings (SSSR count). The lowest BCUT2D eigenvalue weighted by Crippen LogP contribution is -2.09. The SMILES string of the molecule is C=CC[C@H](N)c1ccc(F)c(OC)c1.Cl. The van der Waals surface area contributed by atoms with Gasteiger partial charge in [0.25, 0.3) is 0 Å². The number of hydrogen-bond donors (Lipinski definition) is 1. The molecule has 0 aliphatic rings. The van der Waals surface area contributed by atoms with Gasteiger partial charge in [-0.25, -0.2) is 4.39 Å². The Labute approximate surface area is 95.3 Å². The molecule has 0 aromatic heterocycles. The fourth-order valence-corrected chi connectivity index (χ4v) is 1.22. The minimum absolute atomic E-state index is 0. The van der Waals surface area contributed by atoms with E-state index < -0.39 is 0 Å². The lowest BCUT2D eigenvalue weighted by atomic mass is 10.0. The van der Waals surface area contributed by atoms with Gasteiger partial charge in [-0.2, -0.15) is 0 Å². The van der Waals surface area contributed by atoms with Crippen LogP contribution in [0.15, 0.2) is 30.9 Å². The van der Waals surface area contributed by atoms with Gasteiger partial charge in [0.05, 0.1) is 7.11 Å². The van der Waals surface area contributed by atoms with E-state index >= 15 is 0 Å². The summed E-state index contributed by atoms with van der Waals surface area (Å²) in [6.45, 7) is 3.60. The second kappa shape index (κ2) is 6.43. The van der Waals surface area contributed by atoms with Crippen LogP contribution in [0.25, 0.3) is 0 Å². The molecule has 1 atom stereocenters. The molecule has 2 N–H and O–H groups in total. The predicted octanol–water partition coefficient (Wildman–Crippen LogP) is 2.83. The first-order chi connectivity index (χ1) is 6.69. The van der Waals surface area contributed by atoms with Gasteiger partial charge in [-0.05, 0) is 24.1 Å². The Hall–Kier alpha value is -1.06. The van der Waals surface area contributed by atoms with E-state index in [4.69, 9.17) is 10.5 Å². The van der Waals surface area contributed by atoms with Crippen molar-refractivity contribution in [1.29, 1.82) is 0 Å². The molecule has 0 radical (unpaired) electrons. The Morgan fingerprint density at radius 1 is 1.60 bits per heavy atom. The van der Waals surface area contributed by atoms with Crippen LogP contribution in [0.2, 0.25) is 0 Å². The molecular formula is C11H15ClFNO. The summed E-state index contributed by atoms with van der Waals surface area (Å²) >= 11 is 0. The van der Waals surface area contributed by atoms with E-state index in [1.165, 1.54) is 13.2 Å². The molecule has 0 saturated heterocycles. The van der Waals surface area contributed by atoms with Crippen LogP contribution in [0, 0.1) is 5.82 Å². The predicted molar refractivity (Wildman–Crippen MR) is 61.9 cm³/mol. The first kappa shape index (κ1) is 13.9. The molecule has 2 nitrogen and oxygen atoms in total. The average Bonchev–Trinajstić information content (AvgIpc) is 2.19. The van der Waals surface area contributed by atoms with Gasteiger partial charge >= 0.3 is 0 Å². The van der Waals surface area contributed by atoms with Crippen molar-refractivity contribution >= 4 is 12.4 Å². The lowest BCUT2D eigenvalue weighted by molar-refractivity contribution is 0.385. The van der Waals surface area contributed by atoms with Crippen LogP contribution in [-0.2, 0) is 0 Å². The fourth-order valence-electron chi connectivity index (χ4n) is 1.22. The zero-order valence-electron chi connectivity index (χ0n) is 8.57. The van der Waals surface area contributed by atoms with Crippen LogP contribution >= 0.6 is 12.4 Å². The van der Waals surface area contributed by atoms with Crippen molar-refractivity contribution in [3.05, 3.63) is 42.2 Å². The van der Waals surface area contributed by atoms with E-state index in [1.807, 2.05) is 0 Å². The Bertz CT molecular complexity index is 330. The minimum Gasteiger partial charge on any atom is -0.494 e. The van der Waals surface area contributed by atoms with E-state index in [0.717, 1.165) is 5.56 Å². The first-order valence-electron chi connectivity index (χ1n) is 4.39. The lowest BCUT2D eigenvalue weighted by Gasteiger charge is -2.11. The summed E-state index contributed by atoms with van der Waals surface area (Å²) in [7, 11) is 1.43. The summed E-state index contributed by atoms with van der Waals surface area (Å²) in [6.07, 6.45) is 2.40. The van der Waals surface area contributed by atoms with Gasteiger partial charge in [0, 0.05) is 6.04 Å². The summed E-state index contributed by atoms with van der Waals surface area (Å²) in [5.41, 5.74) is 6.68. The zero-order chi connectivity index (χ0) is 10.6. The van der Waals surface area contributed by atoms with Gasteiger partial charge in [-0.15, -0.1) is 19.0 Å². The van der Waals surface area contributed by atoms with Crippen molar-refractivity contribution < 1.29 is 9.13 Å². The molecule has 0 spiro atoms. The zero-order valence-corrected chi connectivity index (χ0v) is 9.39. The molecule has 0 fully saturated rings. The summed E-state index contributed by atoms with van der Waals surface area (Å²) < 4.78 is 17.9. The highest BCUT2D eigenvalue weighted by Gasteiger charge is 2.08. The number of halogens is 2. The minimum atomic E-state index is -0.373. The summed E-state index contributed by atoms with van der Waals surface area (Å²) in [5.74, 6) is -0.149. The summed E-state index contributed by atoms with van der Waals surface area (Å²) in [4.78, 5) is 0. The van der Waals surface area contributed by atoms with Crippen LogP contribution in [0.3, 0.4) is 0 Å².